The lowest BCUT2D eigenvalue weighted by molar-refractivity contribution is -0.126. The van der Waals surface area contributed by atoms with E-state index in [0.717, 1.165) is 12.8 Å². The molecular weight excluding hydrogens is 268 g/mol. The predicted octanol–water partition coefficient (Wildman–Crippen LogP) is 1.10. The fourth-order valence-corrected chi connectivity index (χ4v) is 2.40. The van der Waals surface area contributed by atoms with Crippen molar-refractivity contribution < 1.29 is 9.59 Å². The minimum Gasteiger partial charge on any atom is -0.356 e. The molecule has 0 unspecified atom stereocenters. The number of rotatable bonds is 4. The van der Waals surface area contributed by atoms with Gasteiger partial charge in [-0.3, -0.25) is 14.6 Å². The molecule has 1 aromatic heterocycles. The van der Waals surface area contributed by atoms with Crippen LogP contribution in [0.3, 0.4) is 0 Å². The van der Waals surface area contributed by atoms with Gasteiger partial charge in [0.15, 0.2) is 0 Å². The fourth-order valence-electron chi connectivity index (χ4n) is 2.40. The summed E-state index contributed by atoms with van der Waals surface area (Å²) in [5, 5.41) is 2.95. The largest absolute Gasteiger partial charge is 0.356 e. The van der Waals surface area contributed by atoms with E-state index in [0.29, 0.717) is 31.2 Å². The third-order valence-electron chi connectivity index (χ3n) is 3.55. The Balaban J connectivity index is 1.94. The Morgan fingerprint density at radius 3 is 2.90 bits per heavy atom. The molecule has 1 atom stereocenters. The second-order valence-electron chi connectivity index (χ2n) is 5.82. The molecule has 21 heavy (non-hydrogen) atoms. The number of piperidine rings is 1. The first-order valence-electron chi connectivity index (χ1n) is 7.41. The van der Waals surface area contributed by atoms with E-state index in [2.05, 4.69) is 29.1 Å². The van der Waals surface area contributed by atoms with E-state index in [9.17, 15) is 9.59 Å². The zero-order chi connectivity index (χ0) is 15.2. The van der Waals surface area contributed by atoms with E-state index in [4.69, 9.17) is 0 Å². The monoisotopic (exact) mass is 290 g/mol. The number of hydrogen-bond acceptors (Lipinski definition) is 4. The lowest BCUT2D eigenvalue weighted by Crippen LogP contribution is -2.46. The first kappa shape index (κ1) is 15.4. The molecule has 1 fully saturated rings. The number of carbonyl (C=O) groups is 2. The van der Waals surface area contributed by atoms with Crippen LogP contribution in [0.5, 0.6) is 0 Å². The number of hydrogen-bond donors (Lipinski definition) is 1. The van der Waals surface area contributed by atoms with Crippen LogP contribution in [0.1, 0.15) is 37.2 Å². The number of nitrogens with one attached hydrogen (secondary N) is 1. The van der Waals surface area contributed by atoms with Crippen LogP contribution < -0.4 is 5.32 Å². The quantitative estimate of drug-likeness (QED) is 0.901. The summed E-state index contributed by atoms with van der Waals surface area (Å²) in [5.74, 6) is 0.192. The molecule has 2 rings (SSSR count). The Bertz CT molecular complexity index is 490. The maximum Gasteiger partial charge on any atom is 0.274 e. The summed E-state index contributed by atoms with van der Waals surface area (Å²) in [6.07, 6.45) is 6.17. The van der Waals surface area contributed by atoms with Gasteiger partial charge < -0.3 is 10.2 Å². The normalized spacial score (nSPS) is 18.6. The zero-order valence-electron chi connectivity index (χ0n) is 12.6. The third-order valence-corrected chi connectivity index (χ3v) is 3.55. The summed E-state index contributed by atoms with van der Waals surface area (Å²) in [7, 11) is 0. The topological polar surface area (TPSA) is 75.2 Å². The van der Waals surface area contributed by atoms with Crippen LogP contribution in [0, 0.1) is 11.8 Å². The van der Waals surface area contributed by atoms with Gasteiger partial charge in [-0.1, -0.05) is 13.8 Å². The van der Waals surface area contributed by atoms with Gasteiger partial charge in [-0.05, 0) is 18.8 Å². The van der Waals surface area contributed by atoms with Gasteiger partial charge in [0.2, 0.25) is 5.91 Å². The van der Waals surface area contributed by atoms with Crippen LogP contribution in [-0.4, -0.2) is 46.3 Å². The standard InChI is InChI=1S/C15H22N4O2/c1-11(2)8-18-14(20)12-4-3-7-19(10-12)15(21)13-9-16-5-6-17-13/h5-6,9,11-12H,3-4,7-8,10H2,1-2H3,(H,18,20)/t12-/m1/s1. The Labute approximate surface area is 125 Å². The maximum absolute atomic E-state index is 12.3. The second kappa shape index (κ2) is 7.15. The summed E-state index contributed by atoms with van der Waals surface area (Å²) in [6.45, 7) is 5.92. The molecule has 1 aromatic rings. The summed E-state index contributed by atoms with van der Waals surface area (Å²) in [5.41, 5.74) is 0.334. The molecule has 1 saturated heterocycles. The van der Waals surface area contributed by atoms with Crippen LogP contribution in [0.4, 0.5) is 0 Å². The van der Waals surface area contributed by atoms with Crippen molar-refractivity contribution in [2.24, 2.45) is 11.8 Å². The van der Waals surface area contributed by atoms with Crippen LogP contribution in [-0.2, 0) is 4.79 Å². The van der Waals surface area contributed by atoms with Gasteiger partial charge in [0.05, 0.1) is 12.1 Å². The molecule has 0 aliphatic carbocycles. The van der Waals surface area contributed by atoms with Gasteiger partial charge in [-0.25, -0.2) is 4.98 Å². The van der Waals surface area contributed by atoms with E-state index in [1.165, 1.54) is 18.6 Å². The van der Waals surface area contributed by atoms with E-state index in [1.807, 2.05) is 0 Å². The van der Waals surface area contributed by atoms with Gasteiger partial charge in [0.1, 0.15) is 5.69 Å². The van der Waals surface area contributed by atoms with Gasteiger partial charge in [0, 0.05) is 32.0 Å². The predicted molar refractivity (Wildman–Crippen MR) is 78.5 cm³/mol. The van der Waals surface area contributed by atoms with Gasteiger partial charge in [-0.2, -0.15) is 0 Å². The Morgan fingerprint density at radius 2 is 2.24 bits per heavy atom. The molecule has 6 nitrogen and oxygen atoms in total. The molecule has 1 aliphatic rings. The average molecular weight is 290 g/mol. The average Bonchev–Trinajstić information content (AvgIpc) is 2.52. The first-order chi connectivity index (χ1) is 10.1. The highest BCUT2D eigenvalue weighted by atomic mass is 16.2. The molecule has 6 heteroatoms. The van der Waals surface area contributed by atoms with Crippen molar-refractivity contribution in [2.45, 2.75) is 26.7 Å². The minimum absolute atomic E-state index is 0.0420. The van der Waals surface area contributed by atoms with E-state index >= 15 is 0 Å². The van der Waals surface area contributed by atoms with Crippen LogP contribution in [0.2, 0.25) is 0 Å². The number of carbonyl (C=O) groups excluding carboxylic acids is 2. The highest BCUT2D eigenvalue weighted by Crippen LogP contribution is 2.18. The molecule has 0 saturated carbocycles. The summed E-state index contributed by atoms with van der Waals surface area (Å²) in [6, 6.07) is 0. The van der Waals surface area contributed by atoms with Crippen molar-refractivity contribution in [2.75, 3.05) is 19.6 Å². The first-order valence-corrected chi connectivity index (χ1v) is 7.41. The highest BCUT2D eigenvalue weighted by Gasteiger charge is 2.29. The van der Waals surface area contributed by atoms with Crippen molar-refractivity contribution in [3.05, 3.63) is 24.3 Å². The van der Waals surface area contributed by atoms with Crippen molar-refractivity contribution in [3.63, 3.8) is 0 Å². The molecule has 2 heterocycles. The lowest BCUT2D eigenvalue weighted by atomic mass is 9.96. The Hall–Kier alpha value is -1.98. The van der Waals surface area contributed by atoms with E-state index < -0.39 is 0 Å². The molecule has 0 radical (unpaired) electrons. The van der Waals surface area contributed by atoms with Crippen molar-refractivity contribution in [1.29, 1.82) is 0 Å². The smallest absolute Gasteiger partial charge is 0.274 e. The molecule has 0 aromatic carbocycles. The SMILES string of the molecule is CC(C)CNC(=O)[C@@H]1CCCN(C(=O)c2cnccn2)C1. The molecule has 0 spiro atoms. The van der Waals surface area contributed by atoms with Crippen molar-refractivity contribution in [3.8, 4) is 0 Å². The van der Waals surface area contributed by atoms with Crippen LogP contribution >= 0.6 is 0 Å². The van der Waals surface area contributed by atoms with Crippen LogP contribution in [0.15, 0.2) is 18.6 Å². The molecule has 1 N–H and O–H groups in total. The number of amides is 2. The summed E-state index contributed by atoms with van der Waals surface area (Å²) < 4.78 is 0. The lowest BCUT2D eigenvalue weighted by Gasteiger charge is -2.31. The molecule has 1 aliphatic heterocycles. The Morgan fingerprint density at radius 1 is 1.43 bits per heavy atom. The van der Waals surface area contributed by atoms with E-state index in [1.54, 1.807) is 4.90 Å². The minimum atomic E-state index is -0.149. The maximum atomic E-state index is 12.3. The number of nitrogens with zero attached hydrogens (tertiary/aromatic N) is 3. The van der Waals surface area contributed by atoms with Gasteiger partial charge in [0.25, 0.3) is 5.91 Å². The summed E-state index contributed by atoms with van der Waals surface area (Å²) >= 11 is 0. The van der Waals surface area contributed by atoms with Crippen molar-refractivity contribution >= 4 is 11.8 Å². The fraction of sp³-hybridized carbons (Fsp3) is 0.600. The third kappa shape index (κ3) is 4.24. The second-order valence-corrected chi connectivity index (χ2v) is 5.82. The van der Waals surface area contributed by atoms with Crippen molar-refractivity contribution in [1.82, 2.24) is 20.2 Å². The van der Waals surface area contributed by atoms with Crippen LogP contribution in [0.25, 0.3) is 0 Å². The van der Waals surface area contributed by atoms with Gasteiger partial charge >= 0.3 is 0 Å². The molecule has 114 valence electrons. The Kier molecular flexibility index (Phi) is 5.25. The van der Waals surface area contributed by atoms with E-state index in [-0.39, 0.29) is 17.7 Å². The molecule has 0 bridgehead atoms. The number of likely N-dealkylation sites (tertiary alicyclic amines) is 1. The molecular formula is C15H22N4O2. The number of aromatic nitrogens is 2. The zero-order valence-corrected chi connectivity index (χ0v) is 12.6. The summed E-state index contributed by atoms with van der Waals surface area (Å²) in [4.78, 5) is 34.1. The highest BCUT2D eigenvalue weighted by molar-refractivity contribution is 5.92. The molecule has 2 amide bonds. The van der Waals surface area contributed by atoms with Gasteiger partial charge in [-0.15, -0.1) is 0 Å².